The van der Waals surface area contributed by atoms with Crippen molar-refractivity contribution in [3.05, 3.63) is 35.4 Å². The molecule has 5 nitrogen and oxygen atoms in total. The number of hydrogen-bond acceptors (Lipinski definition) is 2. The Morgan fingerprint density at radius 3 is 2.41 bits per heavy atom. The van der Waals surface area contributed by atoms with Crippen LogP contribution in [-0.2, 0) is 17.5 Å². The fraction of sp³-hybridized carbons (Fsp3) is 0.429. The number of carbonyl (C=O) groups excluding carboxylic acids is 2. The van der Waals surface area contributed by atoms with Crippen LogP contribution in [0, 0.1) is 5.92 Å². The van der Waals surface area contributed by atoms with E-state index in [0.29, 0.717) is 18.5 Å². The number of rotatable bonds is 3. The number of carbonyl (C=O) groups is 2. The molecule has 0 unspecified atom stereocenters. The number of benzene rings is 1. The van der Waals surface area contributed by atoms with Gasteiger partial charge in [0.15, 0.2) is 0 Å². The summed E-state index contributed by atoms with van der Waals surface area (Å²) in [6, 6.07) is 4.23. The summed E-state index contributed by atoms with van der Waals surface area (Å²) in [5.41, 5.74) is 5.02. The smallest absolute Gasteiger partial charge is 0.369 e. The minimum Gasteiger partial charge on any atom is -0.369 e. The summed E-state index contributed by atoms with van der Waals surface area (Å²) < 4.78 is 37.3. The number of amides is 3. The van der Waals surface area contributed by atoms with Crippen LogP contribution in [-0.4, -0.2) is 29.9 Å². The summed E-state index contributed by atoms with van der Waals surface area (Å²) >= 11 is 0. The molecule has 8 heteroatoms. The number of primary amides is 1. The van der Waals surface area contributed by atoms with Gasteiger partial charge in [-0.2, -0.15) is 13.2 Å². The lowest BCUT2D eigenvalue weighted by Gasteiger charge is -2.17. The molecule has 3 N–H and O–H groups in total. The molecule has 1 aromatic carbocycles. The monoisotopic (exact) mass is 315 g/mol. The van der Waals surface area contributed by atoms with E-state index in [1.807, 2.05) is 0 Å². The first-order valence-electron chi connectivity index (χ1n) is 6.75. The molecular weight excluding hydrogens is 299 g/mol. The van der Waals surface area contributed by atoms with Crippen LogP contribution < -0.4 is 11.1 Å². The normalized spacial score (nSPS) is 18.3. The zero-order valence-corrected chi connectivity index (χ0v) is 11.7. The van der Waals surface area contributed by atoms with Gasteiger partial charge in [-0.25, -0.2) is 4.79 Å². The van der Waals surface area contributed by atoms with E-state index in [1.54, 1.807) is 0 Å². The maximum Gasteiger partial charge on any atom is 0.416 e. The van der Waals surface area contributed by atoms with E-state index in [4.69, 9.17) is 5.73 Å². The minimum absolute atomic E-state index is 0.120. The van der Waals surface area contributed by atoms with Gasteiger partial charge in [-0.3, -0.25) is 4.79 Å². The van der Waals surface area contributed by atoms with Crippen LogP contribution in [0.3, 0.4) is 0 Å². The number of alkyl halides is 3. The summed E-state index contributed by atoms with van der Waals surface area (Å²) in [6.45, 7) is 0.829. The number of nitrogens with one attached hydrogen (secondary N) is 1. The summed E-state index contributed by atoms with van der Waals surface area (Å²) in [7, 11) is 0. The first-order chi connectivity index (χ1) is 10.3. The number of urea groups is 1. The van der Waals surface area contributed by atoms with Crippen molar-refractivity contribution in [1.29, 1.82) is 0 Å². The molecule has 0 bridgehead atoms. The lowest BCUT2D eigenvalue weighted by atomic mass is 10.1. The molecule has 3 amide bonds. The lowest BCUT2D eigenvalue weighted by molar-refractivity contribution is -0.137. The molecule has 0 aliphatic carbocycles. The highest BCUT2D eigenvalue weighted by atomic mass is 19.4. The summed E-state index contributed by atoms with van der Waals surface area (Å²) in [6.07, 6.45) is -3.84. The average molecular weight is 315 g/mol. The molecule has 0 saturated carbocycles. The SMILES string of the molecule is NC(=O)[C@H]1CCN(C(=O)NCc2ccc(C(F)(F)F)cc2)C1. The summed E-state index contributed by atoms with van der Waals surface area (Å²) in [5.74, 6) is -0.769. The number of nitrogens with zero attached hydrogens (tertiary/aromatic N) is 1. The van der Waals surface area contributed by atoms with Crippen molar-refractivity contribution in [2.24, 2.45) is 11.7 Å². The van der Waals surface area contributed by atoms with E-state index in [2.05, 4.69) is 5.32 Å². The molecule has 1 atom stereocenters. The third-order valence-corrected chi connectivity index (χ3v) is 3.60. The van der Waals surface area contributed by atoms with Gasteiger partial charge in [0.1, 0.15) is 0 Å². The molecule has 0 aromatic heterocycles. The highest BCUT2D eigenvalue weighted by molar-refractivity contribution is 5.80. The molecule has 2 rings (SSSR count). The predicted octanol–water partition coefficient (Wildman–Crippen LogP) is 1.72. The lowest BCUT2D eigenvalue weighted by Crippen LogP contribution is -2.39. The molecule has 22 heavy (non-hydrogen) atoms. The highest BCUT2D eigenvalue weighted by Crippen LogP contribution is 2.29. The third-order valence-electron chi connectivity index (χ3n) is 3.60. The molecule has 1 aliphatic heterocycles. The van der Waals surface area contributed by atoms with E-state index >= 15 is 0 Å². The molecule has 120 valence electrons. The van der Waals surface area contributed by atoms with Gasteiger partial charge in [-0.15, -0.1) is 0 Å². The zero-order valence-electron chi connectivity index (χ0n) is 11.7. The number of halogens is 3. The van der Waals surface area contributed by atoms with Crippen molar-refractivity contribution < 1.29 is 22.8 Å². The minimum atomic E-state index is -4.37. The molecule has 1 aliphatic rings. The molecular formula is C14H16F3N3O2. The Bertz CT molecular complexity index is 557. The van der Waals surface area contributed by atoms with Crippen LogP contribution in [0.25, 0.3) is 0 Å². The Balaban J connectivity index is 1.85. The number of hydrogen-bond donors (Lipinski definition) is 2. The van der Waals surface area contributed by atoms with Crippen molar-refractivity contribution in [1.82, 2.24) is 10.2 Å². The second-order valence-electron chi connectivity index (χ2n) is 5.19. The summed E-state index contributed by atoms with van der Waals surface area (Å²) in [4.78, 5) is 24.4. The van der Waals surface area contributed by atoms with Crippen LogP contribution >= 0.6 is 0 Å². The van der Waals surface area contributed by atoms with Gasteiger partial charge in [0.25, 0.3) is 0 Å². The Morgan fingerprint density at radius 2 is 1.91 bits per heavy atom. The Kier molecular flexibility index (Phi) is 4.58. The van der Waals surface area contributed by atoms with E-state index < -0.39 is 17.6 Å². The van der Waals surface area contributed by atoms with Gasteiger partial charge in [-0.1, -0.05) is 12.1 Å². The second kappa shape index (κ2) is 6.25. The van der Waals surface area contributed by atoms with Crippen LogP contribution in [0.15, 0.2) is 24.3 Å². The van der Waals surface area contributed by atoms with E-state index in [9.17, 15) is 22.8 Å². The van der Waals surface area contributed by atoms with Crippen LogP contribution in [0.2, 0.25) is 0 Å². The van der Waals surface area contributed by atoms with Crippen LogP contribution in [0.1, 0.15) is 17.5 Å². The van der Waals surface area contributed by atoms with Crippen molar-refractivity contribution in [2.75, 3.05) is 13.1 Å². The van der Waals surface area contributed by atoms with Crippen molar-refractivity contribution in [2.45, 2.75) is 19.1 Å². The van der Waals surface area contributed by atoms with Gasteiger partial charge in [-0.05, 0) is 24.1 Å². The van der Waals surface area contributed by atoms with Crippen molar-refractivity contribution >= 4 is 11.9 Å². The Hall–Kier alpha value is -2.25. The average Bonchev–Trinajstić information content (AvgIpc) is 2.94. The maximum atomic E-state index is 12.4. The molecule has 1 aromatic rings. The number of likely N-dealkylation sites (tertiary alicyclic amines) is 1. The fourth-order valence-electron chi connectivity index (χ4n) is 2.28. The fourth-order valence-corrected chi connectivity index (χ4v) is 2.28. The molecule has 0 spiro atoms. The highest BCUT2D eigenvalue weighted by Gasteiger charge is 2.30. The van der Waals surface area contributed by atoms with Gasteiger partial charge >= 0.3 is 12.2 Å². The van der Waals surface area contributed by atoms with E-state index in [0.717, 1.165) is 12.1 Å². The van der Waals surface area contributed by atoms with Crippen molar-refractivity contribution in [3.63, 3.8) is 0 Å². The second-order valence-corrected chi connectivity index (χ2v) is 5.19. The maximum absolute atomic E-state index is 12.4. The van der Waals surface area contributed by atoms with E-state index in [-0.39, 0.29) is 25.0 Å². The third kappa shape index (κ3) is 3.90. The number of nitrogens with two attached hydrogens (primary N) is 1. The Labute approximate surface area is 125 Å². The van der Waals surface area contributed by atoms with Gasteiger partial charge in [0.2, 0.25) is 5.91 Å². The van der Waals surface area contributed by atoms with E-state index in [1.165, 1.54) is 17.0 Å². The van der Waals surface area contributed by atoms with Crippen LogP contribution in [0.5, 0.6) is 0 Å². The largest absolute Gasteiger partial charge is 0.416 e. The first kappa shape index (κ1) is 16.1. The quantitative estimate of drug-likeness (QED) is 0.891. The van der Waals surface area contributed by atoms with Gasteiger partial charge < -0.3 is 16.0 Å². The standard InChI is InChI=1S/C14H16F3N3O2/c15-14(16,17)11-3-1-9(2-4-11)7-19-13(22)20-6-5-10(8-20)12(18)21/h1-4,10H,5-8H2,(H2,18,21)(H,19,22)/t10-/m0/s1. The van der Waals surface area contributed by atoms with Gasteiger partial charge in [0, 0.05) is 19.6 Å². The Morgan fingerprint density at radius 1 is 1.27 bits per heavy atom. The topological polar surface area (TPSA) is 75.4 Å². The molecule has 1 saturated heterocycles. The van der Waals surface area contributed by atoms with Crippen molar-refractivity contribution in [3.8, 4) is 0 Å². The molecule has 0 radical (unpaired) electrons. The zero-order chi connectivity index (χ0) is 16.3. The molecule has 1 fully saturated rings. The first-order valence-corrected chi connectivity index (χ1v) is 6.75. The summed E-state index contributed by atoms with van der Waals surface area (Å²) in [5, 5.41) is 2.61. The van der Waals surface area contributed by atoms with Crippen LogP contribution in [0.4, 0.5) is 18.0 Å². The van der Waals surface area contributed by atoms with Gasteiger partial charge in [0.05, 0.1) is 11.5 Å². The molecule has 1 heterocycles. The predicted molar refractivity (Wildman–Crippen MR) is 72.6 cm³/mol.